The Bertz CT molecular complexity index is 859. The summed E-state index contributed by atoms with van der Waals surface area (Å²) < 4.78 is 31.4. The number of carbonyl (C=O) groups is 2. The fraction of sp³-hybridized carbons (Fsp3) is 0.579. The summed E-state index contributed by atoms with van der Waals surface area (Å²) in [5, 5.41) is 2.97. The standard InChI is InChI=1S/C19H28ClN3O5S/c1-19(2,3)28-18(25)22-12-13-7-9-23(10-8-13)17(24)15-11-14(5-6-16(15)20)29(26,27)21-4/h5-6,11,13,21H,7-10,12H2,1-4H3,(H,22,25). The third-order valence-electron chi connectivity index (χ3n) is 4.58. The van der Waals surface area contributed by atoms with Gasteiger partial charge < -0.3 is 15.0 Å². The monoisotopic (exact) mass is 445 g/mol. The molecule has 1 heterocycles. The van der Waals surface area contributed by atoms with Crippen LogP contribution in [-0.2, 0) is 14.8 Å². The van der Waals surface area contributed by atoms with Crippen molar-refractivity contribution in [2.75, 3.05) is 26.7 Å². The molecule has 162 valence electrons. The molecule has 1 aliphatic rings. The number of hydrogen-bond donors (Lipinski definition) is 2. The molecule has 1 aromatic rings. The van der Waals surface area contributed by atoms with Gasteiger partial charge in [0, 0.05) is 19.6 Å². The summed E-state index contributed by atoms with van der Waals surface area (Å²) in [6.45, 7) is 6.89. The minimum Gasteiger partial charge on any atom is -0.444 e. The number of amides is 2. The van der Waals surface area contributed by atoms with E-state index >= 15 is 0 Å². The van der Waals surface area contributed by atoms with Gasteiger partial charge in [0.05, 0.1) is 15.5 Å². The molecule has 2 N–H and O–H groups in total. The zero-order valence-corrected chi connectivity index (χ0v) is 18.7. The first kappa shape index (κ1) is 23.4. The van der Waals surface area contributed by atoms with Gasteiger partial charge in [0.15, 0.2) is 0 Å². The molecule has 0 radical (unpaired) electrons. The third-order valence-corrected chi connectivity index (χ3v) is 6.32. The lowest BCUT2D eigenvalue weighted by atomic mass is 9.96. The first-order valence-electron chi connectivity index (χ1n) is 9.42. The van der Waals surface area contributed by atoms with E-state index in [1.807, 2.05) is 0 Å². The lowest BCUT2D eigenvalue weighted by Crippen LogP contribution is -2.42. The van der Waals surface area contributed by atoms with Crippen molar-refractivity contribution in [3.63, 3.8) is 0 Å². The van der Waals surface area contributed by atoms with Crippen molar-refractivity contribution < 1.29 is 22.7 Å². The molecule has 0 aromatic heterocycles. The maximum atomic E-state index is 12.9. The largest absolute Gasteiger partial charge is 0.444 e. The fourth-order valence-electron chi connectivity index (χ4n) is 3.01. The molecule has 0 atom stereocenters. The van der Waals surface area contributed by atoms with Gasteiger partial charge in [0.2, 0.25) is 10.0 Å². The summed E-state index contributed by atoms with van der Waals surface area (Å²) in [7, 11) is -2.36. The highest BCUT2D eigenvalue weighted by Crippen LogP contribution is 2.25. The molecule has 2 amide bonds. The maximum absolute atomic E-state index is 12.9. The molecule has 10 heteroatoms. The number of alkyl carbamates (subject to hydrolysis) is 1. The average molecular weight is 446 g/mol. The number of carbonyl (C=O) groups excluding carboxylic acids is 2. The molecule has 1 fully saturated rings. The number of rotatable bonds is 5. The normalized spacial score (nSPS) is 15.8. The van der Waals surface area contributed by atoms with Crippen molar-refractivity contribution >= 4 is 33.6 Å². The molecule has 8 nitrogen and oxygen atoms in total. The Balaban J connectivity index is 1.95. The van der Waals surface area contributed by atoms with Gasteiger partial charge in [0.25, 0.3) is 5.91 Å². The van der Waals surface area contributed by atoms with E-state index in [4.69, 9.17) is 16.3 Å². The van der Waals surface area contributed by atoms with Crippen LogP contribution in [-0.4, -0.2) is 57.6 Å². The number of piperidine rings is 1. The third kappa shape index (κ3) is 6.58. The van der Waals surface area contributed by atoms with Crippen LogP contribution in [0.15, 0.2) is 23.1 Å². The van der Waals surface area contributed by atoms with E-state index in [-0.39, 0.29) is 27.3 Å². The van der Waals surface area contributed by atoms with Gasteiger partial charge >= 0.3 is 6.09 Å². The fourth-order valence-corrected chi connectivity index (χ4v) is 3.96. The Labute approximate surface area is 177 Å². The van der Waals surface area contributed by atoms with Crippen molar-refractivity contribution in [1.82, 2.24) is 14.9 Å². The number of halogens is 1. The van der Waals surface area contributed by atoms with Crippen LogP contribution in [0.4, 0.5) is 4.79 Å². The van der Waals surface area contributed by atoms with E-state index in [1.165, 1.54) is 25.2 Å². The van der Waals surface area contributed by atoms with E-state index in [9.17, 15) is 18.0 Å². The highest BCUT2D eigenvalue weighted by atomic mass is 35.5. The molecule has 0 spiro atoms. The zero-order valence-electron chi connectivity index (χ0n) is 17.1. The second-order valence-electron chi connectivity index (χ2n) is 7.97. The van der Waals surface area contributed by atoms with Crippen molar-refractivity contribution in [2.45, 2.75) is 44.1 Å². The molecule has 29 heavy (non-hydrogen) atoms. The Morgan fingerprint density at radius 3 is 2.41 bits per heavy atom. The molecule has 0 aliphatic carbocycles. The number of nitrogens with one attached hydrogen (secondary N) is 2. The van der Waals surface area contributed by atoms with Crippen LogP contribution >= 0.6 is 11.6 Å². The summed E-state index contributed by atoms with van der Waals surface area (Å²) in [5.74, 6) is -0.0697. The Morgan fingerprint density at radius 2 is 1.86 bits per heavy atom. The Hall–Kier alpha value is -1.84. The van der Waals surface area contributed by atoms with Crippen LogP contribution in [0.5, 0.6) is 0 Å². The molecule has 2 rings (SSSR count). The highest BCUT2D eigenvalue weighted by molar-refractivity contribution is 7.89. The highest BCUT2D eigenvalue weighted by Gasteiger charge is 2.27. The predicted octanol–water partition coefficient (Wildman–Crippen LogP) is 2.63. The molecule has 0 bridgehead atoms. The topological polar surface area (TPSA) is 105 Å². The van der Waals surface area contributed by atoms with Crippen molar-refractivity contribution in [1.29, 1.82) is 0 Å². The summed E-state index contributed by atoms with van der Waals surface area (Å²) in [6.07, 6.45) is 0.978. The summed E-state index contributed by atoms with van der Waals surface area (Å²) in [5.41, 5.74) is -0.387. The van der Waals surface area contributed by atoms with E-state index in [2.05, 4.69) is 10.0 Å². The van der Waals surface area contributed by atoms with Gasteiger partial charge in [-0.1, -0.05) is 11.6 Å². The van der Waals surface area contributed by atoms with Crippen LogP contribution in [0.25, 0.3) is 0 Å². The van der Waals surface area contributed by atoms with E-state index in [0.29, 0.717) is 32.5 Å². The molecular formula is C19H28ClN3O5S. The van der Waals surface area contributed by atoms with E-state index in [0.717, 1.165) is 0 Å². The average Bonchev–Trinajstić information content (AvgIpc) is 2.65. The number of likely N-dealkylation sites (tertiary alicyclic amines) is 1. The van der Waals surface area contributed by atoms with Crippen molar-refractivity contribution in [3.8, 4) is 0 Å². The SMILES string of the molecule is CNS(=O)(=O)c1ccc(Cl)c(C(=O)N2CCC(CNC(=O)OC(C)(C)C)CC2)c1. The molecule has 1 aliphatic heterocycles. The van der Waals surface area contributed by atoms with Crippen molar-refractivity contribution in [3.05, 3.63) is 28.8 Å². The van der Waals surface area contributed by atoms with Gasteiger partial charge in [-0.25, -0.2) is 17.9 Å². The first-order chi connectivity index (χ1) is 13.4. The second-order valence-corrected chi connectivity index (χ2v) is 10.3. The minimum atomic E-state index is -3.67. The molecule has 1 saturated heterocycles. The van der Waals surface area contributed by atoms with Gasteiger partial charge in [-0.05, 0) is 64.8 Å². The lowest BCUT2D eigenvalue weighted by molar-refractivity contribution is 0.0500. The zero-order chi connectivity index (χ0) is 21.8. The summed E-state index contributed by atoms with van der Waals surface area (Å²) in [6, 6.07) is 4.07. The number of nitrogens with zero attached hydrogens (tertiary/aromatic N) is 1. The summed E-state index contributed by atoms with van der Waals surface area (Å²) in [4.78, 5) is 26.3. The van der Waals surface area contributed by atoms with E-state index < -0.39 is 21.7 Å². The van der Waals surface area contributed by atoms with E-state index in [1.54, 1.807) is 25.7 Å². The predicted molar refractivity (Wildman–Crippen MR) is 111 cm³/mol. The van der Waals surface area contributed by atoms with Crippen LogP contribution < -0.4 is 10.0 Å². The van der Waals surface area contributed by atoms with Gasteiger partial charge in [-0.3, -0.25) is 4.79 Å². The Kier molecular flexibility index (Phi) is 7.53. The van der Waals surface area contributed by atoms with Crippen LogP contribution in [0.2, 0.25) is 5.02 Å². The lowest BCUT2D eigenvalue weighted by Gasteiger charge is -2.32. The van der Waals surface area contributed by atoms with Crippen LogP contribution in [0.3, 0.4) is 0 Å². The minimum absolute atomic E-state index is 0.0100. The van der Waals surface area contributed by atoms with Crippen LogP contribution in [0.1, 0.15) is 44.0 Å². The van der Waals surface area contributed by atoms with Crippen molar-refractivity contribution in [2.24, 2.45) is 5.92 Å². The summed E-state index contributed by atoms with van der Waals surface area (Å²) >= 11 is 6.15. The van der Waals surface area contributed by atoms with Crippen LogP contribution in [0, 0.1) is 5.92 Å². The van der Waals surface area contributed by atoms with Gasteiger partial charge in [-0.15, -0.1) is 0 Å². The molecule has 0 saturated carbocycles. The second kappa shape index (κ2) is 9.32. The molecular weight excluding hydrogens is 418 g/mol. The number of hydrogen-bond acceptors (Lipinski definition) is 5. The van der Waals surface area contributed by atoms with Gasteiger partial charge in [0.1, 0.15) is 5.60 Å². The molecule has 1 aromatic carbocycles. The smallest absolute Gasteiger partial charge is 0.407 e. The number of sulfonamides is 1. The maximum Gasteiger partial charge on any atom is 0.407 e. The number of ether oxygens (including phenoxy) is 1. The Morgan fingerprint density at radius 1 is 1.24 bits per heavy atom. The molecule has 0 unspecified atom stereocenters. The first-order valence-corrected chi connectivity index (χ1v) is 11.3. The quantitative estimate of drug-likeness (QED) is 0.724. The van der Waals surface area contributed by atoms with Gasteiger partial charge in [-0.2, -0.15) is 0 Å². The number of benzene rings is 1.